The van der Waals surface area contributed by atoms with Crippen LogP contribution < -0.4 is 5.32 Å². The van der Waals surface area contributed by atoms with Gasteiger partial charge in [0.2, 0.25) is 0 Å². The fourth-order valence-electron chi connectivity index (χ4n) is 2.29. The molecule has 0 fully saturated rings. The molecule has 2 aromatic carbocycles. The number of benzene rings is 2. The van der Waals surface area contributed by atoms with E-state index in [0.29, 0.717) is 5.56 Å². The van der Waals surface area contributed by atoms with E-state index in [1.54, 1.807) is 31.2 Å². The Balaban J connectivity index is 2.25. The van der Waals surface area contributed by atoms with Crippen LogP contribution in [0.1, 0.15) is 28.9 Å². The van der Waals surface area contributed by atoms with Gasteiger partial charge in [-0.05, 0) is 24.6 Å². The van der Waals surface area contributed by atoms with E-state index in [1.807, 2.05) is 36.4 Å². The monoisotopic (exact) mass is 297 g/mol. The molecule has 22 heavy (non-hydrogen) atoms. The first-order chi connectivity index (χ1) is 10.6. The highest BCUT2D eigenvalue weighted by Crippen LogP contribution is 2.23. The van der Waals surface area contributed by atoms with Crippen LogP contribution in [-0.4, -0.2) is 19.0 Å². The van der Waals surface area contributed by atoms with Crippen molar-refractivity contribution in [1.82, 2.24) is 5.32 Å². The zero-order valence-corrected chi connectivity index (χ0v) is 12.7. The zero-order chi connectivity index (χ0) is 15.9. The molecule has 114 valence electrons. The van der Waals surface area contributed by atoms with Crippen LogP contribution in [0.5, 0.6) is 0 Å². The number of esters is 1. The van der Waals surface area contributed by atoms with E-state index < -0.39 is 12.0 Å². The maximum absolute atomic E-state index is 12.4. The van der Waals surface area contributed by atoms with Crippen LogP contribution in [0.3, 0.4) is 0 Å². The van der Waals surface area contributed by atoms with Crippen molar-refractivity contribution in [2.75, 3.05) is 7.11 Å². The standard InChI is InChI=1S/C18H19NO3/c1-13(18(21)22-2)16(14-9-5-3-6-10-14)19-17(20)15-11-7-4-8-12-15/h3-13,16H,1-2H3,(H,19,20)/t13-,16+/m0/s1. The second kappa shape index (κ2) is 7.41. The Hall–Kier alpha value is -2.62. The van der Waals surface area contributed by atoms with Crippen molar-refractivity contribution in [2.45, 2.75) is 13.0 Å². The largest absolute Gasteiger partial charge is 0.469 e. The number of hydrogen-bond donors (Lipinski definition) is 1. The summed E-state index contributed by atoms with van der Waals surface area (Å²) in [6, 6.07) is 17.9. The second-order valence-electron chi connectivity index (χ2n) is 5.04. The lowest BCUT2D eigenvalue weighted by Gasteiger charge is -2.24. The highest BCUT2D eigenvalue weighted by Gasteiger charge is 2.27. The first-order valence-electron chi connectivity index (χ1n) is 7.12. The first-order valence-corrected chi connectivity index (χ1v) is 7.12. The normalized spacial score (nSPS) is 13.0. The molecule has 0 spiro atoms. The maximum Gasteiger partial charge on any atom is 0.310 e. The number of carbonyl (C=O) groups excluding carboxylic acids is 2. The molecule has 2 atom stereocenters. The Labute approximate surface area is 130 Å². The van der Waals surface area contributed by atoms with Crippen LogP contribution in [0.25, 0.3) is 0 Å². The van der Waals surface area contributed by atoms with Crippen molar-refractivity contribution in [3.63, 3.8) is 0 Å². The van der Waals surface area contributed by atoms with Crippen LogP contribution >= 0.6 is 0 Å². The van der Waals surface area contributed by atoms with Gasteiger partial charge in [-0.2, -0.15) is 0 Å². The summed E-state index contributed by atoms with van der Waals surface area (Å²) in [6.07, 6.45) is 0. The van der Waals surface area contributed by atoms with Crippen LogP contribution in [0.4, 0.5) is 0 Å². The maximum atomic E-state index is 12.4. The molecule has 0 aliphatic rings. The molecule has 2 aromatic rings. The Morgan fingerprint density at radius 1 is 0.955 bits per heavy atom. The molecule has 4 nitrogen and oxygen atoms in total. The van der Waals surface area contributed by atoms with Gasteiger partial charge in [-0.3, -0.25) is 9.59 Å². The summed E-state index contributed by atoms with van der Waals surface area (Å²) in [7, 11) is 1.35. The summed E-state index contributed by atoms with van der Waals surface area (Å²) >= 11 is 0. The number of amides is 1. The average Bonchev–Trinajstić information content (AvgIpc) is 2.59. The fraction of sp³-hybridized carbons (Fsp3) is 0.222. The molecule has 1 N–H and O–H groups in total. The number of hydrogen-bond acceptors (Lipinski definition) is 3. The van der Waals surface area contributed by atoms with Crippen molar-refractivity contribution >= 4 is 11.9 Å². The SMILES string of the molecule is COC(=O)[C@@H](C)[C@@H](NC(=O)c1ccccc1)c1ccccc1. The van der Waals surface area contributed by atoms with E-state index in [-0.39, 0.29) is 11.9 Å². The molecular weight excluding hydrogens is 278 g/mol. The average molecular weight is 297 g/mol. The zero-order valence-electron chi connectivity index (χ0n) is 12.7. The minimum atomic E-state index is -0.486. The van der Waals surface area contributed by atoms with Gasteiger partial charge in [0.05, 0.1) is 19.1 Å². The molecule has 0 radical (unpaired) electrons. The second-order valence-corrected chi connectivity index (χ2v) is 5.04. The van der Waals surface area contributed by atoms with Gasteiger partial charge in [0.1, 0.15) is 0 Å². The molecule has 0 heterocycles. The Morgan fingerprint density at radius 2 is 1.50 bits per heavy atom. The third-order valence-electron chi connectivity index (χ3n) is 3.55. The minimum Gasteiger partial charge on any atom is -0.469 e. The highest BCUT2D eigenvalue weighted by atomic mass is 16.5. The smallest absolute Gasteiger partial charge is 0.310 e. The summed E-state index contributed by atoms with van der Waals surface area (Å²) in [5, 5.41) is 2.92. The predicted octanol–water partition coefficient (Wildman–Crippen LogP) is 2.97. The number of carbonyl (C=O) groups is 2. The van der Waals surface area contributed by atoms with E-state index >= 15 is 0 Å². The first kappa shape index (κ1) is 15.8. The molecule has 4 heteroatoms. The van der Waals surface area contributed by atoms with Crippen molar-refractivity contribution in [2.24, 2.45) is 5.92 Å². The van der Waals surface area contributed by atoms with Gasteiger partial charge >= 0.3 is 5.97 Å². The lowest BCUT2D eigenvalue weighted by molar-refractivity contribution is -0.145. The van der Waals surface area contributed by atoms with E-state index in [2.05, 4.69) is 5.32 Å². The summed E-state index contributed by atoms with van der Waals surface area (Å²) in [4.78, 5) is 24.3. The van der Waals surface area contributed by atoms with Crippen LogP contribution in [0, 0.1) is 5.92 Å². The lowest BCUT2D eigenvalue weighted by Crippen LogP contribution is -2.36. The van der Waals surface area contributed by atoms with E-state index in [9.17, 15) is 9.59 Å². The van der Waals surface area contributed by atoms with Gasteiger partial charge in [0.15, 0.2) is 0 Å². The third kappa shape index (κ3) is 3.73. The van der Waals surface area contributed by atoms with Gasteiger partial charge < -0.3 is 10.1 Å². The van der Waals surface area contributed by atoms with E-state index in [4.69, 9.17) is 4.74 Å². The van der Waals surface area contributed by atoms with Crippen molar-refractivity contribution in [3.05, 3.63) is 71.8 Å². The molecule has 2 rings (SSSR count). The number of ether oxygens (including phenoxy) is 1. The Kier molecular flexibility index (Phi) is 5.31. The van der Waals surface area contributed by atoms with Gasteiger partial charge in [0.25, 0.3) is 5.91 Å². The van der Waals surface area contributed by atoms with Gasteiger partial charge in [-0.25, -0.2) is 0 Å². The number of methoxy groups -OCH3 is 1. The summed E-state index contributed by atoms with van der Waals surface area (Å²) in [5.74, 6) is -1.06. The van der Waals surface area contributed by atoms with Crippen LogP contribution in [0.2, 0.25) is 0 Å². The van der Waals surface area contributed by atoms with Gasteiger partial charge in [0, 0.05) is 5.56 Å². The summed E-state index contributed by atoms with van der Waals surface area (Å²) in [6.45, 7) is 1.74. The summed E-state index contributed by atoms with van der Waals surface area (Å²) < 4.78 is 4.81. The van der Waals surface area contributed by atoms with E-state index in [0.717, 1.165) is 5.56 Å². The number of rotatable bonds is 5. The molecule has 0 saturated carbocycles. The van der Waals surface area contributed by atoms with Gasteiger partial charge in [-0.15, -0.1) is 0 Å². The fourth-order valence-corrected chi connectivity index (χ4v) is 2.29. The predicted molar refractivity (Wildman–Crippen MR) is 84.3 cm³/mol. The third-order valence-corrected chi connectivity index (χ3v) is 3.55. The molecule has 0 unspecified atom stereocenters. The molecule has 0 aliphatic carbocycles. The number of nitrogens with one attached hydrogen (secondary N) is 1. The molecular formula is C18H19NO3. The molecule has 0 aromatic heterocycles. The molecule has 1 amide bonds. The van der Waals surface area contributed by atoms with E-state index in [1.165, 1.54) is 7.11 Å². The van der Waals surface area contributed by atoms with Crippen LogP contribution in [-0.2, 0) is 9.53 Å². The highest BCUT2D eigenvalue weighted by molar-refractivity contribution is 5.94. The molecule has 0 saturated heterocycles. The lowest BCUT2D eigenvalue weighted by atomic mass is 9.94. The van der Waals surface area contributed by atoms with Crippen LogP contribution in [0.15, 0.2) is 60.7 Å². The minimum absolute atomic E-state index is 0.217. The Morgan fingerprint density at radius 3 is 2.05 bits per heavy atom. The van der Waals surface area contributed by atoms with Gasteiger partial charge in [-0.1, -0.05) is 48.5 Å². The molecule has 0 aliphatic heterocycles. The van der Waals surface area contributed by atoms with Crippen molar-refractivity contribution < 1.29 is 14.3 Å². The quantitative estimate of drug-likeness (QED) is 0.863. The van der Waals surface area contributed by atoms with Crippen molar-refractivity contribution in [1.29, 1.82) is 0 Å². The van der Waals surface area contributed by atoms with Crippen molar-refractivity contribution in [3.8, 4) is 0 Å². The molecule has 0 bridgehead atoms. The summed E-state index contributed by atoms with van der Waals surface area (Å²) in [5.41, 5.74) is 1.42. The Bertz CT molecular complexity index is 625. The topological polar surface area (TPSA) is 55.4 Å².